The molecule has 2 aromatic rings. The third-order valence-electron chi connectivity index (χ3n) is 2.53. The van der Waals surface area contributed by atoms with Crippen LogP contribution in [0.25, 0.3) is 10.9 Å². The number of H-pyrrole nitrogens is 1. The summed E-state index contributed by atoms with van der Waals surface area (Å²) >= 11 is 0. The molecule has 0 unspecified atom stereocenters. The first-order valence-electron chi connectivity index (χ1n) is 5.60. The number of fused-ring (bicyclic) bond motifs is 1. The van der Waals surface area contributed by atoms with Crippen molar-refractivity contribution in [3.05, 3.63) is 40.4 Å². The molecule has 0 aliphatic carbocycles. The van der Waals surface area contributed by atoms with Gasteiger partial charge in [0.1, 0.15) is 6.54 Å². The molecule has 0 saturated carbocycles. The fourth-order valence-corrected chi connectivity index (χ4v) is 1.67. The maximum absolute atomic E-state index is 11.8. The van der Waals surface area contributed by atoms with Gasteiger partial charge < -0.3 is 15.0 Å². The van der Waals surface area contributed by atoms with E-state index in [0.717, 1.165) is 12.1 Å². The highest BCUT2D eigenvalue weighted by Gasteiger charge is 2.03. The second-order valence-electron chi connectivity index (χ2n) is 3.80. The minimum absolute atomic E-state index is 0.0780. The summed E-state index contributed by atoms with van der Waals surface area (Å²) in [6, 6.07) is 7.35. The van der Waals surface area contributed by atoms with E-state index in [1.807, 2.05) is 18.2 Å². The average molecular weight is 234 g/mol. The Morgan fingerprint density at radius 3 is 3.06 bits per heavy atom. The second-order valence-corrected chi connectivity index (χ2v) is 3.80. The molecule has 90 valence electrons. The zero-order valence-electron chi connectivity index (χ0n) is 9.77. The van der Waals surface area contributed by atoms with E-state index in [0.29, 0.717) is 24.4 Å². The Morgan fingerprint density at radius 2 is 2.24 bits per heavy atom. The number of nitrogens with one attached hydrogen (secondary N) is 1. The fraction of sp³-hybridized carbons (Fsp3) is 0.333. The fourth-order valence-electron chi connectivity index (χ4n) is 1.67. The smallest absolute Gasteiger partial charge is 0.258 e. The molecule has 0 amide bonds. The number of ether oxygens (including phenoxy) is 1. The second kappa shape index (κ2) is 5.56. The number of quaternary nitrogens is 1. The molecule has 0 bridgehead atoms. The van der Waals surface area contributed by atoms with Crippen LogP contribution in [0, 0.1) is 0 Å². The number of hydrogen-bond acceptors (Lipinski definition) is 3. The quantitative estimate of drug-likeness (QED) is 0.694. The number of methoxy groups -OCH3 is 1. The van der Waals surface area contributed by atoms with Crippen molar-refractivity contribution in [2.75, 3.05) is 20.3 Å². The van der Waals surface area contributed by atoms with Gasteiger partial charge >= 0.3 is 0 Å². The Labute approximate surface area is 98.8 Å². The Kier molecular flexibility index (Phi) is 3.85. The molecule has 0 aliphatic rings. The van der Waals surface area contributed by atoms with E-state index in [-0.39, 0.29) is 5.56 Å². The molecule has 3 N–H and O–H groups in total. The molecule has 0 fully saturated rings. The number of rotatable bonds is 5. The third kappa shape index (κ3) is 2.89. The van der Waals surface area contributed by atoms with Crippen LogP contribution in [-0.4, -0.2) is 30.2 Å². The molecule has 1 aromatic heterocycles. The summed E-state index contributed by atoms with van der Waals surface area (Å²) in [7, 11) is 1.67. The summed E-state index contributed by atoms with van der Waals surface area (Å²) in [6.45, 7) is 2.20. The highest BCUT2D eigenvalue weighted by molar-refractivity contribution is 5.77. The molecule has 0 atom stereocenters. The van der Waals surface area contributed by atoms with Crippen LogP contribution in [0.15, 0.2) is 29.1 Å². The summed E-state index contributed by atoms with van der Waals surface area (Å²) in [4.78, 5) is 18.9. The maximum Gasteiger partial charge on any atom is 0.258 e. The van der Waals surface area contributed by atoms with E-state index in [1.165, 1.54) is 0 Å². The minimum Gasteiger partial charge on any atom is -0.379 e. The molecule has 5 nitrogen and oxygen atoms in total. The number of nitrogens with zero attached hydrogens (tertiary/aromatic N) is 1. The summed E-state index contributed by atoms with van der Waals surface area (Å²) in [5, 5.41) is 2.68. The topological polar surface area (TPSA) is 71.6 Å². The van der Waals surface area contributed by atoms with Gasteiger partial charge in [-0.25, -0.2) is 4.98 Å². The van der Waals surface area contributed by atoms with Crippen LogP contribution >= 0.6 is 0 Å². The van der Waals surface area contributed by atoms with Crippen molar-refractivity contribution in [2.45, 2.75) is 6.54 Å². The molecule has 0 saturated heterocycles. The van der Waals surface area contributed by atoms with Gasteiger partial charge in [0.05, 0.1) is 24.1 Å². The van der Waals surface area contributed by atoms with Crippen LogP contribution in [0.3, 0.4) is 0 Å². The molecule has 1 aromatic carbocycles. The molecule has 0 aliphatic heterocycles. The van der Waals surface area contributed by atoms with Crippen molar-refractivity contribution in [2.24, 2.45) is 0 Å². The summed E-state index contributed by atoms with van der Waals surface area (Å²) in [6.07, 6.45) is 0. The van der Waals surface area contributed by atoms with Crippen LogP contribution in [-0.2, 0) is 11.3 Å². The molecule has 0 radical (unpaired) electrons. The lowest BCUT2D eigenvalue weighted by Gasteiger charge is -2.02. The Balaban J connectivity index is 2.16. The van der Waals surface area contributed by atoms with Crippen molar-refractivity contribution < 1.29 is 10.1 Å². The summed E-state index contributed by atoms with van der Waals surface area (Å²) in [5.41, 5.74) is 0.664. The van der Waals surface area contributed by atoms with E-state index >= 15 is 0 Å². The molecule has 0 spiro atoms. The van der Waals surface area contributed by atoms with E-state index in [9.17, 15) is 4.79 Å². The molecule has 1 heterocycles. The van der Waals surface area contributed by atoms with Gasteiger partial charge in [-0.1, -0.05) is 12.1 Å². The standard InChI is InChI=1S/C12H15N3O2/c1-17-7-6-13-8-11-14-10-5-3-2-4-9(10)12(16)15-11/h2-5,13H,6-8H2,1H3,(H,14,15,16)/p+1. The third-order valence-corrected chi connectivity index (χ3v) is 2.53. The molecule has 5 heteroatoms. The predicted molar refractivity (Wildman–Crippen MR) is 64.7 cm³/mol. The van der Waals surface area contributed by atoms with E-state index < -0.39 is 0 Å². The van der Waals surface area contributed by atoms with Gasteiger partial charge in [-0.15, -0.1) is 0 Å². The monoisotopic (exact) mass is 234 g/mol. The average Bonchev–Trinajstić information content (AvgIpc) is 2.35. The first-order chi connectivity index (χ1) is 8.31. The molecule has 17 heavy (non-hydrogen) atoms. The van der Waals surface area contributed by atoms with Crippen LogP contribution in [0.5, 0.6) is 0 Å². The maximum atomic E-state index is 11.8. The number of para-hydroxylation sites is 1. The lowest BCUT2D eigenvalue weighted by Crippen LogP contribution is -2.83. The van der Waals surface area contributed by atoms with Gasteiger partial charge in [0.25, 0.3) is 5.56 Å². The zero-order valence-corrected chi connectivity index (χ0v) is 9.77. The van der Waals surface area contributed by atoms with Crippen molar-refractivity contribution in [1.29, 1.82) is 0 Å². The number of aromatic nitrogens is 2. The Bertz CT molecular complexity index is 551. The van der Waals surface area contributed by atoms with Gasteiger partial charge in [0, 0.05) is 7.11 Å². The first-order valence-corrected chi connectivity index (χ1v) is 5.60. The van der Waals surface area contributed by atoms with E-state index in [2.05, 4.69) is 15.3 Å². The van der Waals surface area contributed by atoms with Crippen LogP contribution < -0.4 is 10.9 Å². The molecular weight excluding hydrogens is 218 g/mol. The number of benzene rings is 1. The Morgan fingerprint density at radius 1 is 1.41 bits per heavy atom. The minimum atomic E-state index is -0.0780. The van der Waals surface area contributed by atoms with Crippen molar-refractivity contribution in [3.8, 4) is 0 Å². The summed E-state index contributed by atoms with van der Waals surface area (Å²) in [5.74, 6) is 0.699. The van der Waals surface area contributed by atoms with E-state index in [1.54, 1.807) is 13.2 Å². The highest BCUT2D eigenvalue weighted by atomic mass is 16.5. The molecule has 2 rings (SSSR count). The van der Waals surface area contributed by atoms with E-state index in [4.69, 9.17) is 4.74 Å². The number of hydrogen-bond donors (Lipinski definition) is 2. The Hall–Kier alpha value is -1.72. The molecular formula is C12H16N3O2+. The van der Waals surface area contributed by atoms with Crippen molar-refractivity contribution >= 4 is 10.9 Å². The van der Waals surface area contributed by atoms with Gasteiger partial charge in [-0.2, -0.15) is 0 Å². The number of nitrogens with two attached hydrogens (primary N) is 1. The predicted octanol–water partition coefficient (Wildman–Crippen LogP) is -0.367. The van der Waals surface area contributed by atoms with Gasteiger partial charge in [-0.3, -0.25) is 4.79 Å². The highest BCUT2D eigenvalue weighted by Crippen LogP contribution is 2.04. The first kappa shape index (κ1) is 11.8. The van der Waals surface area contributed by atoms with Gasteiger partial charge in [0.2, 0.25) is 0 Å². The van der Waals surface area contributed by atoms with Gasteiger partial charge in [0.15, 0.2) is 5.82 Å². The van der Waals surface area contributed by atoms with Crippen molar-refractivity contribution in [1.82, 2.24) is 9.97 Å². The normalized spacial score (nSPS) is 10.9. The van der Waals surface area contributed by atoms with Crippen LogP contribution in [0.2, 0.25) is 0 Å². The largest absolute Gasteiger partial charge is 0.379 e. The van der Waals surface area contributed by atoms with Crippen LogP contribution in [0.4, 0.5) is 0 Å². The SMILES string of the molecule is COCC[NH2+]Cc1nc2ccccc2c(=O)[nH]1. The van der Waals surface area contributed by atoms with Crippen LogP contribution in [0.1, 0.15) is 5.82 Å². The summed E-state index contributed by atoms with van der Waals surface area (Å²) < 4.78 is 4.95. The van der Waals surface area contributed by atoms with Gasteiger partial charge in [-0.05, 0) is 12.1 Å². The van der Waals surface area contributed by atoms with Crippen molar-refractivity contribution in [3.63, 3.8) is 0 Å². The lowest BCUT2D eigenvalue weighted by atomic mass is 10.2. The zero-order chi connectivity index (χ0) is 12.1. The lowest BCUT2D eigenvalue weighted by molar-refractivity contribution is -0.672. The number of aromatic amines is 1.